The molecule has 2 aliphatic carbocycles. The Bertz CT molecular complexity index is 1670. The first kappa shape index (κ1) is 29.3. The Morgan fingerprint density at radius 3 is 2.10 bits per heavy atom. The van der Waals surface area contributed by atoms with Crippen LogP contribution in [0, 0.1) is 33.8 Å². The van der Waals surface area contributed by atoms with E-state index in [1.54, 1.807) is 6.07 Å². The van der Waals surface area contributed by atoms with E-state index in [1.807, 2.05) is 12.2 Å². The molecule has 0 fully saturated rings. The van der Waals surface area contributed by atoms with E-state index >= 15 is 13.2 Å². The van der Waals surface area contributed by atoms with Crippen LogP contribution < -0.4 is 10.4 Å². The topological polar surface area (TPSA) is 0 Å². The highest BCUT2D eigenvalue weighted by Gasteiger charge is 2.25. The molecule has 40 heavy (non-hydrogen) atoms. The minimum Gasteiger partial charge on any atom is -0.211 e. The molecular weight excluding hydrogens is 536 g/mol. The van der Waals surface area contributed by atoms with Gasteiger partial charge in [-0.25, -0.2) is 22.0 Å². The van der Waals surface area contributed by atoms with E-state index in [4.69, 9.17) is 0 Å². The van der Waals surface area contributed by atoms with Gasteiger partial charge in [0.25, 0.3) is 0 Å². The Morgan fingerprint density at radius 2 is 1.55 bits per heavy atom. The maximum atomic E-state index is 15.1. The Kier molecular flexibility index (Phi) is 8.66. The number of allylic oxidation sites excluding steroid dienone is 10. The summed E-state index contributed by atoms with van der Waals surface area (Å²) in [5, 5.41) is -0.298. The Morgan fingerprint density at radius 1 is 0.875 bits per heavy atom. The van der Waals surface area contributed by atoms with E-state index in [0.717, 1.165) is 30.5 Å². The average Bonchev–Trinajstić information content (AvgIpc) is 2.87. The fourth-order valence-corrected chi connectivity index (χ4v) is 4.91. The minimum atomic E-state index is -4.79. The van der Waals surface area contributed by atoms with Gasteiger partial charge in [-0.3, -0.25) is 0 Å². The van der Waals surface area contributed by atoms with Crippen LogP contribution in [0.15, 0.2) is 89.6 Å². The van der Waals surface area contributed by atoms with Gasteiger partial charge < -0.3 is 0 Å². The van der Waals surface area contributed by atoms with Gasteiger partial charge in [-0.05, 0) is 76.3 Å². The third-order valence-electron chi connectivity index (χ3n) is 6.97. The van der Waals surface area contributed by atoms with Crippen molar-refractivity contribution in [1.29, 1.82) is 0 Å². The largest absolute Gasteiger partial charge is 0.409 e. The van der Waals surface area contributed by atoms with Crippen molar-refractivity contribution in [3.63, 3.8) is 0 Å². The molecule has 2 aromatic carbocycles. The van der Waals surface area contributed by atoms with Crippen LogP contribution in [0.1, 0.15) is 39.5 Å². The lowest BCUT2D eigenvalue weighted by atomic mass is 9.90. The Labute approximate surface area is 226 Å². The maximum Gasteiger partial charge on any atom is 0.409 e. The maximum absolute atomic E-state index is 15.1. The highest BCUT2D eigenvalue weighted by molar-refractivity contribution is 5.67. The van der Waals surface area contributed by atoms with Crippen LogP contribution >= 0.6 is 0 Å². The van der Waals surface area contributed by atoms with E-state index in [0.29, 0.717) is 23.6 Å². The summed E-state index contributed by atoms with van der Waals surface area (Å²) in [4.78, 5) is 0. The monoisotopic (exact) mass is 562 g/mol. The lowest BCUT2D eigenvalue weighted by Crippen LogP contribution is -2.18. The molecular formula is C32H26F8. The molecule has 2 aliphatic rings. The quantitative estimate of drug-likeness (QED) is 0.328. The number of halogens is 8. The molecule has 0 amide bonds. The van der Waals surface area contributed by atoms with Crippen LogP contribution in [0.5, 0.6) is 0 Å². The fraction of sp³-hybridized carbons (Fsp3) is 0.250. The lowest BCUT2D eigenvalue weighted by Gasteiger charge is -2.16. The zero-order chi connectivity index (χ0) is 29.2. The minimum absolute atomic E-state index is 0.0673. The van der Waals surface area contributed by atoms with Crippen molar-refractivity contribution in [3.8, 4) is 0 Å². The molecule has 0 N–H and O–H groups in total. The first-order valence-corrected chi connectivity index (χ1v) is 12.8. The molecule has 0 saturated carbocycles. The van der Waals surface area contributed by atoms with E-state index in [-0.39, 0.29) is 22.6 Å². The lowest BCUT2D eigenvalue weighted by molar-refractivity contribution is -0.0798. The molecule has 1 atom stereocenters. The van der Waals surface area contributed by atoms with Gasteiger partial charge in [0.1, 0.15) is 29.1 Å². The molecule has 0 nitrogen and oxygen atoms in total. The average molecular weight is 563 g/mol. The van der Waals surface area contributed by atoms with Crippen molar-refractivity contribution in [1.82, 2.24) is 0 Å². The standard InChI is InChI=1S/C32H26F8/c1-3-4-18(2)19-5-7-20(8-6-19)21-9-10-24(26(33)13-21)22-14-29(36)31(30(37)15-22)23-16-27(34)25(28(35)17-23)11-12-32(38,39)40/h5-7,9-16,18H,3-4,8,17H2,1-2H3/b12-11+,21-20?,24-22?,31-23?. The summed E-state index contributed by atoms with van der Waals surface area (Å²) in [6.07, 6.45) is 3.70. The van der Waals surface area contributed by atoms with Crippen molar-refractivity contribution < 1.29 is 35.1 Å². The molecule has 0 bridgehead atoms. The second kappa shape index (κ2) is 11.8. The summed E-state index contributed by atoms with van der Waals surface area (Å²) in [5.41, 5.74) is 0.738. The summed E-state index contributed by atoms with van der Waals surface area (Å²) in [5.74, 6) is -5.37. The third-order valence-corrected chi connectivity index (χ3v) is 6.97. The normalized spacial score (nSPS) is 18.4. The van der Waals surface area contributed by atoms with Gasteiger partial charge in [0.05, 0.1) is 0 Å². The Hall–Kier alpha value is -3.68. The molecule has 0 aromatic heterocycles. The van der Waals surface area contributed by atoms with Gasteiger partial charge in [0.2, 0.25) is 0 Å². The molecule has 0 spiro atoms. The van der Waals surface area contributed by atoms with Crippen LogP contribution in [0.4, 0.5) is 35.1 Å². The number of hydrogen-bond donors (Lipinski definition) is 0. The van der Waals surface area contributed by atoms with Crippen molar-refractivity contribution >= 4 is 11.1 Å². The molecule has 0 radical (unpaired) electrons. The predicted molar refractivity (Wildman–Crippen MR) is 140 cm³/mol. The molecule has 0 saturated heterocycles. The van der Waals surface area contributed by atoms with Crippen LogP contribution in [0.2, 0.25) is 0 Å². The highest BCUT2D eigenvalue weighted by Crippen LogP contribution is 2.33. The molecule has 0 heterocycles. The van der Waals surface area contributed by atoms with E-state index in [2.05, 4.69) is 19.9 Å². The summed E-state index contributed by atoms with van der Waals surface area (Å²) >= 11 is 0. The molecule has 1 unspecified atom stereocenters. The van der Waals surface area contributed by atoms with Gasteiger partial charge in [0.15, 0.2) is 0 Å². The van der Waals surface area contributed by atoms with Gasteiger partial charge >= 0.3 is 6.18 Å². The Balaban J connectivity index is 1.74. The molecule has 8 heteroatoms. The summed E-state index contributed by atoms with van der Waals surface area (Å²) in [6, 6.07) is 6.06. The van der Waals surface area contributed by atoms with Crippen molar-refractivity contribution in [3.05, 3.63) is 128 Å². The second-order valence-corrected chi connectivity index (χ2v) is 9.85. The zero-order valence-corrected chi connectivity index (χ0v) is 21.8. The molecule has 4 rings (SSSR count). The van der Waals surface area contributed by atoms with Gasteiger partial charge in [-0.1, -0.05) is 50.6 Å². The number of hydrogen-bond acceptors (Lipinski definition) is 0. The third kappa shape index (κ3) is 6.54. The molecule has 2 aromatic rings. The van der Waals surface area contributed by atoms with Crippen LogP contribution in [0.3, 0.4) is 0 Å². The van der Waals surface area contributed by atoms with Crippen LogP contribution in [0.25, 0.3) is 11.1 Å². The van der Waals surface area contributed by atoms with E-state index < -0.39 is 58.1 Å². The SMILES string of the molecule is CCCC(C)C1=CCC(=c2ccc(=c3cc(F)c(=C4C=C(F)C(/C=C/C(F)(F)F)=C(F)C4)c(F)c3)c(F)c2)C=C1. The van der Waals surface area contributed by atoms with Gasteiger partial charge in [0, 0.05) is 28.5 Å². The number of benzene rings is 2. The van der Waals surface area contributed by atoms with Crippen LogP contribution in [-0.4, -0.2) is 6.18 Å². The molecule has 210 valence electrons. The van der Waals surface area contributed by atoms with E-state index in [9.17, 15) is 22.0 Å². The second-order valence-electron chi connectivity index (χ2n) is 9.85. The highest BCUT2D eigenvalue weighted by atomic mass is 19.4. The van der Waals surface area contributed by atoms with Crippen molar-refractivity contribution in [2.45, 2.75) is 45.7 Å². The summed E-state index contributed by atoms with van der Waals surface area (Å²) in [7, 11) is 0. The van der Waals surface area contributed by atoms with Gasteiger partial charge in [-0.15, -0.1) is 0 Å². The van der Waals surface area contributed by atoms with Crippen LogP contribution in [-0.2, 0) is 0 Å². The molecule has 0 aliphatic heterocycles. The number of rotatable bonds is 4. The predicted octanol–water partition coefficient (Wildman–Crippen LogP) is 8.61. The smallest absolute Gasteiger partial charge is 0.211 e. The van der Waals surface area contributed by atoms with E-state index in [1.165, 1.54) is 17.7 Å². The van der Waals surface area contributed by atoms with Crippen molar-refractivity contribution in [2.75, 3.05) is 0 Å². The fourth-order valence-electron chi connectivity index (χ4n) is 4.91. The van der Waals surface area contributed by atoms with Crippen molar-refractivity contribution in [2.24, 2.45) is 5.92 Å². The van der Waals surface area contributed by atoms with Gasteiger partial charge in [-0.2, -0.15) is 13.2 Å². The summed E-state index contributed by atoms with van der Waals surface area (Å²) < 4.78 is 111. The summed E-state index contributed by atoms with van der Waals surface area (Å²) in [6.45, 7) is 4.28. The first-order valence-electron chi connectivity index (χ1n) is 12.8. The zero-order valence-electron chi connectivity index (χ0n) is 21.8. The number of alkyl halides is 3. The first-order chi connectivity index (χ1) is 18.9.